The third kappa shape index (κ3) is 4.76. The molecule has 1 aromatic heterocycles. The Balaban J connectivity index is 1.74. The number of sulfonamides is 1. The Morgan fingerprint density at radius 1 is 1.07 bits per heavy atom. The van der Waals surface area contributed by atoms with Crippen LogP contribution in [0.25, 0.3) is 4.91 Å². The molecule has 0 saturated heterocycles. The number of hydrogen-bond donors (Lipinski definition) is 1. The number of aromatic nitrogens is 1. The number of ether oxygens (including phenoxy) is 1. The van der Waals surface area contributed by atoms with E-state index in [-0.39, 0.29) is 17.1 Å². The Labute approximate surface area is 171 Å². The van der Waals surface area contributed by atoms with Gasteiger partial charge in [-0.05, 0) is 30.5 Å². The van der Waals surface area contributed by atoms with Gasteiger partial charge in [0, 0.05) is 25.5 Å². The molecule has 0 fully saturated rings. The summed E-state index contributed by atoms with van der Waals surface area (Å²) in [6.45, 7) is 3.00. The molecular formula is C21H25N3O4S. The van der Waals surface area contributed by atoms with Crippen LogP contribution in [-0.4, -0.2) is 43.3 Å². The van der Waals surface area contributed by atoms with Crippen molar-refractivity contribution in [1.82, 2.24) is 14.6 Å². The molecule has 0 radical (unpaired) electrons. The Kier molecular flexibility index (Phi) is 6.87. The summed E-state index contributed by atoms with van der Waals surface area (Å²) in [6.07, 6.45) is 5.33. The fourth-order valence-electron chi connectivity index (χ4n) is 3.04. The van der Waals surface area contributed by atoms with E-state index in [4.69, 9.17) is 4.74 Å². The zero-order valence-electron chi connectivity index (χ0n) is 16.4. The highest BCUT2D eigenvalue weighted by Crippen LogP contribution is 2.34. The Morgan fingerprint density at radius 3 is 2.48 bits per heavy atom. The number of benzene rings is 1. The molecule has 0 spiro atoms. The molecule has 7 nitrogen and oxygen atoms in total. The summed E-state index contributed by atoms with van der Waals surface area (Å²) in [6, 6.07) is 12.3. The molecule has 1 aliphatic rings. The summed E-state index contributed by atoms with van der Waals surface area (Å²) >= 11 is 0. The Hall–Kier alpha value is -2.87. The molecule has 0 aliphatic carbocycles. The van der Waals surface area contributed by atoms with E-state index >= 15 is 0 Å². The van der Waals surface area contributed by atoms with E-state index in [2.05, 4.69) is 10.3 Å². The molecule has 0 unspecified atom stereocenters. The summed E-state index contributed by atoms with van der Waals surface area (Å²) < 4.78 is 32.7. The van der Waals surface area contributed by atoms with Crippen molar-refractivity contribution in [1.29, 1.82) is 0 Å². The van der Waals surface area contributed by atoms with Gasteiger partial charge in [0.1, 0.15) is 16.4 Å². The Bertz CT molecular complexity index is 960. The van der Waals surface area contributed by atoms with Crippen molar-refractivity contribution in [2.24, 2.45) is 0 Å². The quantitative estimate of drug-likeness (QED) is 0.601. The molecule has 2 heterocycles. The number of carbonyl (C=O) groups excluding carboxylic acids is 1. The van der Waals surface area contributed by atoms with Gasteiger partial charge < -0.3 is 10.1 Å². The summed E-state index contributed by atoms with van der Waals surface area (Å²) in [7, 11) is -3.87. The van der Waals surface area contributed by atoms with E-state index < -0.39 is 15.9 Å². The summed E-state index contributed by atoms with van der Waals surface area (Å²) in [4.78, 5) is 16.9. The van der Waals surface area contributed by atoms with Crippen LogP contribution in [0, 0.1) is 0 Å². The average Bonchev–Trinajstić information content (AvgIpc) is 2.92. The van der Waals surface area contributed by atoms with Gasteiger partial charge in [-0.2, -0.15) is 0 Å². The van der Waals surface area contributed by atoms with Gasteiger partial charge in [0.2, 0.25) is 0 Å². The molecular weight excluding hydrogens is 390 g/mol. The molecule has 0 atom stereocenters. The van der Waals surface area contributed by atoms with Gasteiger partial charge in [0.15, 0.2) is 0 Å². The van der Waals surface area contributed by atoms with Gasteiger partial charge in [-0.1, -0.05) is 43.7 Å². The first-order valence-electron chi connectivity index (χ1n) is 9.69. The van der Waals surface area contributed by atoms with Crippen LogP contribution < -0.4 is 10.1 Å². The topological polar surface area (TPSA) is 88.6 Å². The lowest BCUT2D eigenvalue weighted by Gasteiger charge is -2.16. The maximum absolute atomic E-state index is 13.1. The molecule has 3 rings (SSSR count). The van der Waals surface area contributed by atoms with E-state index in [0.717, 1.165) is 16.5 Å². The van der Waals surface area contributed by atoms with Gasteiger partial charge in [-0.15, -0.1) is 0 Å². The van der Waals surface area contributed by atoms with Gasteiger partial charge >= 0.3 is 0 Å². The van der Waals surface area contributed by atoms with Crippen molar-refractivity contribution in [2.75, 3.05) is 19.7 Å². The molecule has 8 heteroatoms. The molecule has 1 aliphatic heterocycles. The fraction of sp³-hybridized carbons (Fsp3) is 0.333. The van der Waals surface area contributed by atoms with Crippen LogP contribution in [0.2, 0.25) is 0 Å². The number of pyridine rings is 1. The van der Waals surface area contributed by atoms with Crippen LogP contribution in [0.5, 0.6) is 5.75 Å². The fourth-order valence-corrected chi connectivity index (χ4v) is 4.79. The number of amides is 1. The SMILES string of the molecule is CCCCN1C(=O)C(NCCCOc2ccncc2)=C(c2ccccc2)S1(=O)=O. The second kappa shape index (κ2) is 9.56. The molecule has 154 valence electrons. The van der Waals surface area contributed by atoms with Crippen molar-refractivity contribution in [3.63, 3.8) is 0 Å². The molecule has 1 N–H and O–H groups in total. The lowest BCUT2D eigenvalue weighted by Crippen LogP contribution is -2.34. The summed E-state index contributed by atoms with van der Waals surface area (Å²) in [5, 5.41) is 3.05. The van der Waals surface area contributed by atoms with Gasteiger partial charge in [0.25, 0.3) is 15.9 Å². The largest absolute Gasteiger partial charge is 0.493 e. The predicted octanol–water partition coefficient (Wildman–Crippen LogP) is 2.78. The highest BCUT2D eigenvalue weighted by Gasteiger charge is 2.43. The van der Waals surface area contributed by atoms with Crippen LogP contribution in [0.15, 0.2) is 60.6 Å². The smallest absolute Gasteiger partial charge is 0.285 e. The number of nitrogens with one attached hydrogen (secondary N) is 1. The lowest BCUT2D eigenvalue weighted by atomic mass is 10.2. The number of carbonyl (C=O) groups is 1. The molecule has 0 saturated carbocycles. The predicted molar refractivity (Wildman–Crippen MR) is 111 cm³/mol. The standard InChI is InChI=1S/C21H25N3O4S/c1-2-3-15-24-21(25)19(20(29(24,26)27)17-8-5-4-6-9-17)23-12-7-16-28-18-10-13-22-14-11-18/h4-6,8-11,13-14,23H,2-3,7,12,15-16H2,1H3. The van der Waals surface area contributed by atoms with Crippen LogP contribution in [0.1, 0.15) is 31.7 Å². The highest BCUT2D eigenvalue weighted by atomic mass is 32.2. The van der Waals surface area contributed by atoms with E-state index in [0.29, 0.717) is 31.6 Å². The normalized spacial score (nSPS) is 15.6. The molecule has 2 aromatic rings. The molecule has 0 bridgehead atoms. The van der Waals surface area contributed by atoms with E-state index in [1.54, 1.807) is 48.8 Å². The maximum Gasteiger partial charge on any atom is 0.285 e. The Morgan fingerprint density at radius 2 is 1.79 bits per heavy atom. The van der Waals surface area contributed by atoms with Crippen molar-refractivity contribution >= 4 is 20.8 Å². The molecule has 1 amide bonds. The first kappa shape index (κ1) is 20.9. The second-order valence-electron chi connectivity index (χ2n) is 6.62. The highest BCUT2D eigenvalue weighted by molar-refractivity contribution is 7.99. The number of hydrogen-bond acceptors (Lipinski definition) is 6. The van der Waals surface area contributed by atoms with Gasteiger partial charge in [0.05, 0.1) is 6.61 Å². The van der Waals surface area contributed by atoms with Crippen molar-refractivity contribution < 1.29 is 17.9 Å². The minimum absolute atomic E-state index is 0.0502. The van der Waals surface area contributed by atoms with E-state index in [1.165, 1.54) is 0 Å². The van der Waals surface area contributed by atoms with E-state index in [9.17, 15) is 13.2 Å². The van der Waals surface area contributed by atoms with Crippen molar-refractivity contribution in [2.45, 2.75) is 26.2 Å². The zero-order chi connectivity index (χ0) is 20.7. The van der Waals surface area contributed by atoms with Crippen LogP contribution in [0.4, 0.5) is 0 Å². The lowest BCUT2D eigenvalue weighted by molar-refractivity contribution is -0.122. The van der Waals surface area contributed by atoms with Gasteiger partial charge in [-0.3, -0.25) is 9.78 Å². The monoisotopic (exact) mass is 415 g/mol. The summed E-state index contributed by atoms with van der Waals surface area (Å²) in [5.74, 6) is 0.224. The zero-order valence-corrected chi connectivity index (χ0v) is 17.2. The number of rotatable bonds is 10. The number of nitrogens with zero attached hydrogens (tertiary/aromatic N) is 2. The summed E-state index contributed by atoms with van der Waals surface area (Å²) in [5.41, 5.74) is 0.645. The third-order valence-corrected chi connectivity index (χ3v) is 6.39. The molecule has 1 aromatic carbocycles. The van der Waals surface area contributed by atoms with Crippen LogP contribution >= 0.6 is 0 Å². The van der Waals surface area contributed by atoms with Crippen LogP contribution in [-0.2, 0) is 14.8 Å². The first-order chi connectivity index (χ1) is 14.1. The second-order valence-corrected chi connectivity index (χ2v) is 8.42. The van der Waals surface area contributed by atoms with Gasteiger partial charge in [-0.25, -0.2) is 12.7 Å². The van der Waals surface area contributed by atoms with Crippen molar-refractivity contribution in [3.8, 4) is 5.75 Å². The van der Waals surface area contributed by atoms with E-state index in [1.807, 2.05) is 13.0 Å². The van der Waals surface area contributed by atoms with Crippen molar-refractivity contribution in [3.05, 3.63) is 66.1 Å². The average molecular weight is 416 g/mol. The third-order valence-electron chi connectivity index (χ3n) is 4.51. The minimum atomic E-state index is -3.87. The van der Waals surface area contributed by atoms with Crippen LogP contribution in [0.3, 0.4) is 0 Å². The number of unbranched alkanes of at least 4 members (excludes halogenated alkanes) is 1. The maximum atomic E-state index is 13.1. The minimum Gasteiger partial charge on any atom is -0.493 e. The first-order valence-corrected chi connectivity index (χ1v) is 11.1. The molecule has 29 heavy (non-hydrogen) atoms.